The molecule has 2 heterocycles. The van der Waals surface area contributed by atoms with Crippen LogP contribution >= 0.6 is 11.6 Å². The fraction of sp³-hybridized carbons (Fsp3) is 0.619. The van der Waals surface area contributed by atoms with Crippen LogP contribution < -0.4 is 10.1 Å². The van der Waals surface area contributed by atoms with Crippen LogP contribution in [-0.2, 0) is 4.79 Å². The lowest BCUT2D eigenvalue weighted by molar-refractivity contribution is -0.124. The summed E-state index contributed by atoms with van der Waals surface area (Å²) in [5.74, 6) is 1.12. The number of hydrogen-bond acceptors (Lipinski definition) is 4. The molecule has 0 aromatic heterocycles. The molecular weight excluding hydrogens is 362 g/mol. The molecule has 1 saturated carbocycles. The molecule has 5 nitrogen and oxygen atoms in total. The third-order valence-electron chi connectivity index (χ3n) is 6.37. The lowest BCUT2D eigenvalue weighted by Gasteiger charge is -2.25. The van der Waals surface area contributed by atoms with Crippen LogP contribution in [0.1, 0.15) is 62.8 Å². The van der Waals surface area contributed by atoms with Crippen molar-refractivity contribution in [3.63, 3.8) is 0 Å². The van der Waals surface area contributed by atoms with Gasteiger partial charge in [0.25, 0.3) is 5.91 Å². The lowest BCUT2D eigenvalue weighted by Crippen LogP contribution is -2.44. The zero-order valence-corrected chi connectivity index (χ0v) is 16.3. The third kappa shape index (κ3) is 3.87. The van der Waals surface area contributed by atoms with Crippen LogP contribution in [0.15, 0.2) is 18.2 Å². The highest BCUT2D eigenvalue weighted by Gasteiger charge is 2.46. The van der Waals surface area contributed by atoms with Crippen LogP contribution in [0, 0.1) is 11.5 Å². The number of hydrogen-bond donors (Lipinski definition) is 1. The Bertz CT molecular complexity index is 741. The first-order valence-electron chi connectivity index (χ1n) is 10.1. The van der Waals surface area contributed by atoms with Crippen molar-refractivity contribution in [1.82, 2.24) is 10.2 Å². The largest absolute Gasteiger partial charge is 0.483 e. The average Bonchev–Trinajstić information content (AvgIpc) is 3.24. The van der Waals surface area contributed by atoms with Crippen LogP contribution in [0.4, 0.5) is 0 Å². The SMILES string of the molecule is N#CN1C2CCC1[C@H](NC(=O)COc1ccc(Cl)cc1C1CCCCC1)C2. The summed E-state index contributed by atoms with van der Waals surface area (Å²) >= 11 is 6.21. The van der Waals surface area contributed by atoms with Crippen LogP contribution in [0.25, 0.3) is 0 Å². The van der Waals surface area contributed by atoms with Crippen molar-refractivity contribution < 1.29 is 9.53 Å². The number of fused-ring (bicyclic) bond motifs is 2. The van der Waals surface area contributed by atoms with Gasteiger partial charge in [-0.15, -0.1) is 0 Å². The summed E-state index contributed by atoms with van der Waals surface area (Å²) in [6.07, 6.45) is 11.2. The summed E-state index contributed by atoms with van der Waals surface area (Å²) in [5, 5.41) is 13.0. The predicted octanol–water partition coefficient (Wildman–Crippen LogP) is 3.97. The number of nitrogens with zero attached hydrogens (tertiary/aromatic N) is 2. The number of benzene rings is 1. The van der Waals surface area contributed by atoms with Crippen molar-refractivity contribution in [1.29, 1.82) is 5.26 Å². The van der Waals surface area contributed by atoms with Crippen molar-refractivity contribution in [2.75, 3.05) is 6.61 Å². The van der Waals surface area contributed by atoms with E-state index in [9.17, 15) is 10.1 Å². The van der Waals surface area contributed by atoms with E-state index in [1.54, 1.807) is 0 Å². The van der Waals surface area contributed by atoms with Crippen molar-refractivity contribution in [3.8, 4) is 11.9 Å². The highest BCUT2D eigenvalue weighted by molar-refractivity contribution is 6.30. The number of amides is 1. The van der Waals surface area contributed by atoms with Crippen LogP contribution in [0.2, 0.25) is 5.02 Å². The fourth-order valence-corrected chi connectivity index (χ4v) is 5.26. The van der Waals surface area contributed by atoms with Gasteiger partial charge < -0.3 is 15.0 Å². The van der Waals surface area contributed by atoms with E-state index in [2.05, 4.69) is 11.5 Å². The molecule has 0 spiro atoms. The quantitative estimate of drug-likeness (QED) is 0.776. The van der Waals surface area contributed by atoms with Crippen molar-refractivity contribution in [2.45, 2.75) is 75.4 Å². The summed E-state index contributed by atoms with van der Waals surface area (Å²) < 4.78 is 5.90. The van der Waals surface area contributed by atoms with Gasteiger partial charge in [-0.25, -0.2) is 0 Å². The monoisotopic (exact) mass is 387 g/mol. The van der Waals surface area contributed by atoms with Crippen molar-refractivity contribution in [3.05, 3.63) is 28.8 Å². The molecule has 0 radical (unpaired) electrons. The molecule has 1 aromatic carbocycles. The first-order chi connectivity index (χ1) is 13.2. The van der Waals surface area contributed by atoms with Gasteiger partial charge in [0.05, 0.1) is 12.1 Å². The molecule has 2 saturated heterocycles. The van der Waals surface area contributed by atoms with Gasteiger partial charge in [0.2, 0.25) is 0 Å². The lowest BCUT2D eigenvalue weighted by atomic mass is 9.84. The topological polar surface area (TPSA) is 65.4 Å². The van der Waals surface area contributed by atoms with E-state index in [0.717, 1.165) is 43.4 Å². The molecule has 1 aromatic rings. The molecule has 144 valence electrons. The third-order valence-corrected chi connectivity index (χ3v) is 6.61. The Balaban J connectivity index is 1.36. The average molecular weight is 388 g/mol. The molecule has 1 aliphatic carbocycles. The Morgan fingerprint density at radius 3 is 2.81 bits per heavy atom. The minimum atomic E-state index is -0.116. The maximum atomic E-state index is 12.4. The standard InChI is InChI=1S/C21H26ClN3O2/c22-15-6-9-20(17(10-15)14-4-2-1-3-5-14)27-12-21(26)24-18-11-16-7-8-19(18)25(16)13-23/h6,9-10,14,16,18-19H,1-5,7-8,11-12H2,(H,24,26)/t16?,18-,19?/m1/s1. The van der Waals surface area contributed by atoms with Gasteiger partial charge in [0.1, 0.15) is 5.75 Å². The van der Waals surface area contributed by atoms with Crippen LogP contribution in [-0.4, -0.2) is 35.5 Å². The zero-order valence-electron chi connectivity index (χ0n) is 15.5. The van der Waals surface area contributed by atoms with E-state index in [1.807, 2.05) is 23.1 Å². The Labute approximate surface area is 165 Å². The van der Waals surface area contributed by atoms with Gasteiger partial charge >= 0.3 is 0 Å². The molecule has 3 aliphatic rings. The Hall–Kier alpha value is -1.93. The number of carbonyl (C=O) groups is 1. The van der Waals surface area contributed by atoms with E-state index in [0.29, 0.717) is 17.0 Å². The number of halogens is 1. The molecule has 2 aliphatic heterocycles. The molecule has 4 rings (SSSR count). The minimum absolute atomic E-state index is 0.00178. The minimum Gasteiger partial charge on any atom is -0.483 e. The van der Waals surface area contributed by atoms with Gasteiger partial charge in [-0.05, 0) is 61.8 Å². The van der Waals surface area contributed by atoms with Crippen LogP contribution in [0.3, 0.4) is 0 Å². The van der Waals surface area contributed by atoms with E-state index in [1.165, 1.54) is 19.3 Å². The Morgan fingerprint density at radius 1 is 1.26 bits per heavy atom. The molecule has 1 amide bonds. The van der Waals surface area contributed by atoms with Crippen molar-refractivity contribution >= 4 is 17.5 Å². The second kappa shape index (κ2) is 7.98. The molecule has 1 N–H and O–H groups in total. The van der Waals surface area contributed by atoms with E-state index >= 15 is 0 Å². The molecule has 27 heavy (non-hydrogen) atoms. The maximum Gasteiger partial charge on any atom is 0.258 e. The Kier molecular flexibility index (Phi) is 5.45. The summed E-state index contributed by atoms with van der Waals surface area (Å²) in [5.41, 5.74) is 1.13. The first-order valence-corrected chi connectivity index (χ1v) is 10.4. The normalized spacial score (nSPS) is 27.4. The van der Waals surface area contributed by atoms with Gasteiger partial charge in [-0.1, -0.05) is 30.9 Å². The second-order valence-electron chi connectivity index (χ2n) is 8.02. The molecule has 6 heteroatoms. The molecule has 3 fully saturated rings. The van der Waals surface area contributed by atoms with E-state index in [-0.39, 0.29) is 24.6 Å². The van der Waals surface area contributed by atoms with Crippen LogP contribution in [0.5, 0.6) is 5.75 Å². The highest BCUT2D eigenvalue weighted by Crippen LogP contribution is 2.39. The van der Waals surface area contributed by atoms with E-state index < -0.39 is 0 Å². The number of carbonyl (C=O) groups excluding carboxylic acids is 1. The van der Waals surface area contributed by atoms with E-state index in [4.69, 9.17) is 16.3 Å². The maximum absolute atomic E-state index is 12.4. The molecular formula is C21H26ClN3O2. The molecule has 2 unspecified atom stereocenters. The highest BCUT2D eigenvalue weighted by atomic mass is 35.5. The van der Waals surface area contributed by atoms with Crippen molar-refractivity contribution in [2.24, 2.45) is 0 Å². The summed E-state index contributed by atoms with van der Waals surface area (Å²) in [6, 6.07) is 6.20. The smallest absolute Gasteiger partial charge is 0.258 e. The van der Waals surface area contributed by atoms with Gasteiger partial charge in [-0.3, -0.25) is 4.79 Å². The molecule has 3 atom stereocenters. The fourth-order valence-electron chi connectivity index (χ4n) is 5.07. The first kappa shape index (κ1) is 18.4. The molecule has 2 bridgehead atoms. The summed E-state index contributed by atoms with van der Waals surface area (Å²) in [4.78, 5) is 14.3. The number of rotatable bonds is 5. The number of nitriles is 1. The van der Waals surface area contributed by atoms with Gasteiger partial charge in [0, 0.05) is 11.1 Å². The zero-order chi connectivity index (χ0) is 18.8. The number of nitrogens with one attached hydrogen (secondary N) is 1. The summed E-state index contributed by atoms with van der Waals surface area (Å²) in [7, 11) is 0. The summed E-state index contributed by atoms with van der Waals surface area (Å²) in [6.45, 7) is 0.00178. The predicted molar refractivity (Wildman–Crippen MR) is 104 cm³/mol. The second-order valence-corrected chi connectivity index (χ2v) is 8.46. The Morgan fingerprint density at radius 2 is 2.07 bits per heavy atom. The van der Waals surface area contributed by atoms with Gasteiger partial charge in [-0.2, -0.15) is 5.26 Å². The van der Waals surface area contributed by atoms with Gasteiger partial charge in [0.15, 0.2) is 12.8 Å². The number of ether oxygens (including phenoxy) is 1.